The quantitative estimate of drug-likeness (QED) is 0.199. The molecule has 7 heteroatoms. The molecule has 1 aliphatic rings. The molecule has 0 unspecified atom stereocenters. The van der Waals surface area contributed by atoms with Crippen LogP contribution in [0.4, 0.5) is 0 Å². The first-order chi connectivity index (χ1) is 24.8. The highest BCUT2D eigenvalue weighted by atomic mass is 28.3. The molecule has 5 heterocycles. The van der Waals surface area contributed by atoms with Crippen molar-refractivity contribution >= 4 is 50.6 Å². The fourth-order valence-corrected chi connectivity index (χ4v) is 12.8. The zero-order valence-electron chi connectivity index (χ0n) is 26.8. The molecule has 1 aliphatic heterocycles. The van der Waals surface area contributed by atoms with Gasteiger partial charge in [-0.1, -0.05) is 133 Å². The molecular formula is C43H28N6Si. The van der Waals surface area contributed by atoms with Crippen LogP contribution in [-0.2, 0) is 0 Å². The van der Waals surface area contributed by atoms with Gasteiger partial charge in [0, 0.05) is 34.3 Å². The van der Waals surface area contributed by atoms with E-state index in [-0.39, 0.29) is 0 Å². The van der Waals surface area contributed by atoms with Crippen molar-refractivity contribution in [1.82, 2.24) is 29.5 Å². The van der Waals surface area contributed by atoms with E-state index < -0.39 is 8.07 Å². The van der Waals surface area contributed by atoms with Gasteiger partial charge >= 0.3 is 0 Å². The molecule has 0 radical (unpaired) electrons. The molecule has 0 amide bonds. The Morgan fingerprint density at radius 2 is 0.940 bits per heavy atom. The lowest BCUT2D eigenvalue weighted by Crippen LogP contribution is -2.72. The van der Waals surface area contributed by atoms with Crippen molar-refractivity contribution in [2.24, 2.45) is 0 Å². The summed E-state index contributed by atoms with van der Waals surface area (Å²) in [6.07, 6.45) is 3.74. The molecule has 10 rings (SSSR count). The second kappa shape index (κ2) is 11.3. The van der Waals surface area contributed by atoms with E-state index in [1.54, 1.807) is 0 Å². The number of nitrogens with zero attached hydrogens (tertiary/aromatic N) is 6. The van der Waals surface area contributed by atoms with E-state index in [1.165, 1.54) is 20.7 Å². The van der Waals surface area contributed by atoms with Gasteiger partial charge in [0.05, 0.1) is 22.4 Å². The monoisotopic (exact) mass is 656 g/mol. The Morgan fingerprint density at radius 1 is 0.420 bits per heavy atom. The number of hydrogen-bond donors (Lipinski definition) is 0. The maximum atomic E-state index is 5.26. The number of para-hydroxylation sites is 2. The first-order valence-electron chi connectivity index (χ1n) is 16.7. The van der Waals surface area contributed by atoms with Gasteiger partial charge in [0.2, 0.25) is 5.95 Å². The Labute approximate surface area is 289 Å². The minimum atomic E-state index is -2.81. The Hall–Kier alpha value is -6.57. The van der Waals surface area contributed by atoms with Crippen LogP contribution in [0.15, 0.2) is 170 Å². The van der Waals surface area contributed by atoms with Crippen LogP contribution in [0.1, 0.15) is 0 Å². The van der Waals surface area contributed by atoms with Crippen LogP contribution in [0.5, 0.6) is 0 Å². The predicted molar refractivity (Wildman–Crippen MR) is 203 cm³/mol. The molecule has 4 aromatic heterocycles. The van der Waals surface area contributed by atoms with Crippen LogP contribution in [0, 0.1) is 0 Å². The van der Waals surface area contributed by atoms with Gasteiger partial charge in [-0.2, -0.15) is 9.97 Å². The zero-order chi connectivity index (χ0) is 33.1. The molecule has 0 N–H and O–H groups in total. The fraction of sp³-hybridized carbons (Fsp3) is 0. The summed E-state index contributed by atoms with van der Waals surface area (Å²) in [6, 6.07) is 55.3. The van der Waals surface area contributed by atoms with E-state index in [9.17, 15) is 0 Å². The minimum Gasteiger partial charge on any atom is -0.278 e. The molecule has 0 bridgehead atoms. The van der Waals surface area contributed by atoms with Gasteiger partial charge < -0.3 is 0 Å². The lowest BCUT2D eigenvalue weighted by Gasteiger charge is -2.30. The lowest BCUT2D eigenvalue weighted by molar-refractivity contribution is 0.953. The maximum absolute atomic E-state index is 5.26. The molecule has 0 atom stereocenters. The van der Waals surface area contributed by atoms with E-state index in [2.05, 4.69) is 144 Å². The van der Waals surface area contributed by atoms with Crippen LogP contribution in [0.25, 0.3) is 61.9 Å². The molecule has 234 valence electrons. The van der Waals surface area contributed by atoms with Crippen molar-refractivity contribution in [1.29, 1.82) is 0 Å². The second-order valence-electron chi connectivity index (χ2n) is 12.5. The van der Waals surface area contributed by atoms with Crippen LogP contribution in [0.3, 0.4) is 0 Å². The number of fused-ring (bicyclic) bond motifs is 6. The highest BCUT2D eigenvalue weighted by Gasteiger charge is 2.50. The SMILES string of the molecule is c1ccc(-c2nc(-c3cccc([Si]4(c5ccccc5)c5cccnc5-c5ncccc54)c3)nc(-n3c4ccccc4c4ccccc43)n2)cc1. The summed E-state index contributed by atoms with van der Waals surface area (Å²) in [5.41, 5.74) is 5.88. The number of hydrogen-bond acceptors (Lipinski definition) is 5. The third-order valence-electron chi connectivity index (χ3n) is 9.84. The molecule has 50 heavy (non-hydrogen) atoms. The first-order valence-corrected chi connectivity index (χ1v) is 18.7. The smallest absolute Gasteiger partial charge is 0.238 e. The third kappa shape index (κ3) is 4.17. The van der Waals surface area contributed by atoms with Crippen molar-refractivity contribution in [3.05, 3.63) is 170 Å². The number of aromatic nitrogens is 6. The van der Waals surface area contributed by atoms with Gasteiger partial charge in [0.15, 0.2) is 19.7 Å². The van der Waals surface area contributed by atoms with Crippen LogP contribution >= 0.6 is 0 Å². The van der Waals surface area contributed by atoms with E-state index in [1.807, 2.05) is 30.6 Å². The van der Waals surface area contributed by atoms with Crippen LogP contribution in [-0.4, -0.2) is 37.6 Å². The Balaban J connectivity index is 1.25. The van der Waals surface area contributed by atoms with Crippen molar-refractivity contribution in [2.45, 2.75) is 0 Å². The lowest BCUT2D eigenvalue weighted by atomic mass is 10.2. The fourth-order valence-electron chi connectivity index (χ4n) is 7.75. The van der Waals surface area contributed by atoms with E-state index >= 15 is 0 Å². The topological polar surface area (TPSA) is 69.4 Å². The Morgan fingerprint density at radius 3 is 1.58 bits per heavy atom. The highest BCUT2D eigenvalue weighted by molar-refractivity contribution is 7.22. The largest absolute Gasteiger partial charge is 0.278 e. The van der Waals surface area contributed by atoms with Gasteiger partial charge in [-0.25, -0.2) is 4.98 Å². The molecule has 6 nitrogen and oxygen atoms in total. The highest BCUT2D eigenvalue weighted by Crippen LogP contribution is 2.32. The first kappa shape index (κ1) is 28.4. The second-order valence-corrected chi connectivity index (χ2v) is 16.2. The van der Waals surface area contributed by atoms with Gasteiger partial charge in [0.25, 0.3) is 0 Å². The maximum Gasteiger partial charge on any atom is 0.238 e. The summed E-state index contributed by atoms with van der Waals surface area (Å²) in [6.45, 7) is 0. The normalized spacial score (nSPS) is 13.0. The predicted octanol–water partition coefficient (Wildman–Crippen LogP) is 6.45. The van der Waals surface area contributed by atoms with Crippen LogP contribution in [0.2, 0.25) is 0 Å². The van der Waals surface area contributed by atoms with Crippen molar-refractivity contribution < 1.29 is 0 Å². The third-order valence-corrected chi connectivity index (χ3v) is 14.6. The summed E-state index contributed by atoms with van der Waals surface area (Å²) in [5, 5.41) is 7.30. The standard InChI is InChI=1S/C43H28N6Si/c1-3-14-29(15-4-1)41-46-42(48-43(47-41)49-35-22-9-7-20-33(35)34-21-8-10-23-36(34)49)30-16-11-19-32(28-30)50(31-17-5-2-6-18-31)37-24-12-26-44-39(37)40-38(50)25-13-27-45-40/h1-28H. The average Bonchev–Trinajstić information content (AvgIpc) is 3.70. The summed E-state index contributed by atoms with van der Waals surface area (Å²) in [4.78, 5) is 25.3. The molecule has 0 aliphatic carbocycles. The van der Waals surface area contributed by atoms with Crippen molar-refractivity contribution in [3.63, 3.8) is 0 Å². The van der Waals surface area contributed by atoms with Crippen molar-refractivity contribution in [3.8, 4) is 40.1 Å². The van der Waals surface area contributed by atoms with E-state index in [0.717, 1.165) is 44.3 Å². The molecule has 0 spiro atoms. The number of benzene rings is 5. The Kier molecular flexibility index (Phi) is 6.40. The van der Waals surface area contributed by atoms with Gasteiger partial charge in [-0.3, -0.25) is 14.5 Å². The summed E-state index contributed by atoms with van der Waals surface area (Å²) >= 11 is 0. The average molecular weight is 657 g/mol. The molecule has 0 fully saturated rings. The van der Waals surface area contributed by atoms with E-state index in [4.69, 9.17) is 24.9 Å². The molecule has 0 saturated carbocycles. The molecule has 0 saturated heterocycles. The van der Waals surface area contributed by atoms with Crippen LogP contribution < -0.4 is 20.7 Å². The van der Waals surface area contributed by atoms with Gasteiger partial charge in [-0.05, 0) is 45.0 Å². The number of rotatable bonds is 5. The molecule has 5 aromatic carbocycles. The Bertz CT molecular complexity index is 2630. The minimum absolute atomic E-state index is 0.580. The van der Waals surface area contributed by atoms with E-state index in [0.29, 0.717) is 17.6 Å². The summed E-state index contributed by atoms with van der Waals surface area (Å²) in [7, 11) is -2.81. The molecule has 9 aromatic rings. The zero-order valence-corrected chi connectivity index (χ0v) is 27.8. The van der Waals surface area contributed by atoms with Crippen molar-refractivity contribution in [2.75, 3.05) is 0 Å². The number of pyridine rings is 2. The molecular weight excluding hydrogens is 629 g/mol. The summed E-state index contributed by atoms with van der Waals surface area (Å²) < 4.78 is 2.16. The van der Waals surface area contributed by atoms with Gasteiger partial charge in [0.1, 0.15) is 0 Å². The van der Waals surface area contributed by atoms with Gasteiger partial charge in [-0.15, -0.1) is 0 Å². The summed E-state index contributed by atoms with van der Waals surface area (Å²) in [5.74, 6) is 1.82.